The molecule has 0 aromatic rings. The molecule has 6 heavy (non-hydrogen) atoms. The Hall–Kier alpha value is 0.597. The molecule has 33 valence electrons. The van der Waals surface area contributed by atoms with Crippen molar-refractivity contribution >= 4 is 17.7 Å². The zero-order valence-electron chi connectivity index (χ0n) is 5.12. The molecule has 0 atom stereocenters. The summed E-state index contributed by atoms with van der Waals surface area (Å²) in [5, 5.41) is 1.34. The Labute approximate surface area is 50.5 Å². The van der Waals surface area contributed by atoms with E-state index in [1.165, 1.54) is 17.9 Å². The molecule has 0 fully saturated rings. The van der Waals surface area contributed by atoms with Crippen LogP contribution in [0.3, 0.4) is 0 Å². The summed E-state index contributed by atoms with van der Waals surface area (Å²) >= 11 is 2.21. The standard InChI is InChI=1S/C4H9.CH3.Li/c1-3-4-2;;/h1,3-4H2,2H3;1H3;. The first-order valence-electron chi connectivity index (χ1n) is 2.41. The van der Waals surface area contributed by atoms with Gasteiger partial charge in [-0.15, -0.1) is 0 Å². The molecule has 0 heterocycles. The molecule has 0 nitrogen and oxygen atoms in total. The molecule has 0 unspecified atom stereocenters. The normalized spacial score (nSPS) is 7.17. The van der Waals surface area contributed by atoms with Gasteiger partial charge in [-0.05, 0) is 0 Å². The molecule has 0 amide bonds. The number of rotatable bonds is 2. The summed E-state index contributed by atoms with van der Waals surface area (Å²) in [7, 11) is 0. The van der Waals surface area contributed by atoms with Crippen molar-refractivity contribution in [1.82, 2.24) is 0 Å². The summed E-state index contributed by atoms with van der Waals surface area (Å²) in [4.78, 5) is 0. The summed E-state index contributed by atoms with van der Waals surface area (Å²) in [6, 6.07) is 0. The first-order valence-corrected chi connectivity index (χ1v) is 2.41. The number of hydrogen-bond acceptors (Lipinski definition) is 0. The zero-order valence-corrected chi connectivity index (χ0v) is 5.12. The molecule has 0 aliphatic carbocycles. The molecule has 0 aromatic heterocycles. The average molecular weight is 79.1 g/mol. The van der Waals surface area contributed by atoms with Crippen molar-refractivity contribution < 1.29 is 0 Å². The van der Waals surface area contributed by atoms with Crippen molar-refractivity contribution in [3.8, 4) is 0 Å². The SMILES string of the molecule is [CH3].[Li][CH2]CCC. The van der Waals surface area contributed by atoms with Gasteiger partial charge >= 0.3 is 42.6 Å². The third kappa shape index (κ3) is 8.82. The molecular weight excluding hydrogens is 67.0 g/mol. The van der Waals surface area contributed by atoms with Crippen molar-refractivity contribution in [3.05, 3.63) is 7.43 Å². The Kier molecular flexibility index (Phi) is 14.9. The summed E-state index contributed by atoms with van der Waals surface area (Å²) in [6.07, 6.45) is 2.73. The van der Waals surface area contributed by atoms with E-state index in [1.54, 1.807) is 0 Å². The van der Waals surface area contributed by atoms with Gasteiger partial charge in [0, 0.05) is 0 Å². The predicted molar refractivity (Wildman–Crippen MR) is 31.9 cm³/mol. The average Bonchev–Trinajstić information content (AvgIpc) is 1.41. The van der Waals surface area contributed by atoms with Crippen LogP contribution in [0.4, 0.5) is 0 Å². The van der Waals surface area contributed by atoms with Gasteiger partial charge < -0.3 is 0 Å². The molecule has 0 rings (SSSR count). The summed E-state index contributed by atoms with van der Waals surface area (Å²) in [6.45, 7) is 2.21. The van der Waals surface area contributed by atoms with Gasteiger partial charge in [0.15, 0.2) is 0 Å². The molecule has 0 saturated carbocycles. The molecule has 1 radical (unpaired) electrons. The maximum atomic E-state index is 2.21. The topological polar surface area (TPSA) is 0 Å². The van der Waals surface area contributed by atoms with E-state index in [2.05, 4.69) is 24.6 Å². The van der Waals surface area contributed by atoms with Gasteiger partial charge in [-0.25, -0.2) is 0 Å². The quantitative estimate of drug-likeness (QED) is 0.443. The van der Waals surface area contributed by atoms with Gasteiger partial charge in [0.25, 0.3) is 0 Å². The summed E-state index contributed by atoms with van der Waals surface area (Å²) < 4.78 is 0. The van der Waals surface area contributed by atoms with Crippen LogP contribution in [0.15, 0.2) is 0 Å². The second-order valence-corrected chi connectivity index (χ2v) is 1.35. The van der Waals surface area contributed by atoms with Crippen molar-refractivity contribution in [1.29, 1.82) is 0 Å². The van der Waals surface area contributed by atoms with E-state index in [9.17, 15) is 0 Å². The van der Waals surface area contributed by atoms with Crippen LogP contribution < -0.4 is 0 Å². The minimum atomic E-state index is 0. The fourth-order valence-electron chi connectivity index (χ4n) is 0.354. The predicted octanol–water partition coefficient (Wildman–Crippen LogP) is 1.82. The van der Waals surface area contributed by atoms with E-state index >= 15 is 0 Å². The fraction of sp³-hybridized carbons (Fsp3) is 0.800. The molecule has 1 heteroatoms. The molecule has 0 spiro atoms. The number of hydrogen-bond donors (Lipinski definition) is 0. The van der Waals surface area contributed by atoms with Crippen molar-refractivity contribution in [2.45, 2.75) is 24.9 Å². The Morgan fingerprint density at radius 2 is 2.00 bits per heavy atom. The van der Waals surface area contributed by atoms with Crippen LogP contribution in [0.5, 0.6) is 0 Å². The van der Waals surface area contributed by atoms with Crippen LogP contribution in [0, 0.1) is 7.43 Å². The molecule has 0 aliphatic rings. The molecular formula is C5H12Li. The second-order valence-electron chi connectivity index (χ2n) is 1.35. The van der Waals surface area contributed by atoms with Crippen LogP contribution in [-0.2, 0) is 0 Å². The van der Waals surface area contributed by atoms with Crippen molar-refractivity contribution in [2.75, 3.05) is 0 Å². The van der Waals surface area contributed by atoms with Crippen LogP contribution >= 0.6 is 0 Å². The van der Waals surface area contributed by atoms with Gasteiger partial charge in [0.1, 0.15) is 0 Å². The number of unbranched alkanes of at least 4 members (excludes halogenated alkanes) is 1. The molecule has 0 aliphatic heterocycles. The molecule has 0 saturated heterocycles. The maximum absolute atomic E-state index is 2.21. The third-order valence-corrected chi connectivity index (χ3v) is 0.707. The van der Waals surface area contributed by atoms with E-state index in [0.717, 1.165) is 0 Å². The fourth-order valence-corrected chi connectivity index (χ4v) is 0.354. The summed E-state index contributed by atoms with van der Waals surface area (Å²) in [5.41, 5.74) is 0. The van der Waals surface area contributed by atoms with Gasteiger partial charge in [-0.3, -0.25) is 0 Å². The van der Waals surface area contributed by atoms with Crippen molar-refractivity contribution in [3.63, 3.8) is 0 Å². The Morgan fingerprint density at radius 3 is 2.00 bits per heavy atom. The van der Waals surface area contributed by atoms with Crippen molar-refractivity contribution in [2.24, 2.45) is 0 Å². The van der Waals surface area contributed by atoms with E-state index in [4.69, 9.17) is 0 Å². The monoisotopic (exact) mass is 79.1 g/mol. The second kappa shape index (κ2) is 9.14. The third-order valence-electron chi connectivity index (χ3n) is 0.707. The van der Waals surface area contributed by atoms with Gasteiger partial charge in [0.05, 0.1) is 0 Å². The van der Waals surface area contributed by atoms with E-state index < -0.39 is 0 Å². The zero-order chi connectivity index (χ0) is 4.12. The molecule has 0 aromatic carbocycles. The first kappa shape index (κ1) is 9.78. The van der Waals surface area contributed by atoms with E-state index in [-0.39, 0.29) is 7.43 Å². The van der Waals surface area contributed by atoms with E-state index in [1.807, 2.05) is 0 Å². The van der Waals surface area contributed by atoms with Gasteiger partial charge in [0.2, 0.25) is 0 Å². The van der Waals surface area contributed by atoms with Crippen LogP contribution in [0.25, 0.3) is 0 Å². The Balaban J connectivity index is 0. The van der Waals surface area contributed by atoms with Gasteiger partial charge in [-0.1, -0.05) is 7.43 Å². The van der Waals surface area contributed by atoms with Gasteiger partial charge in [-0.2, -0.15) is 0 Å². The Morgan fingerprint density at radius 1 is 1.50 bits per heavy atom. The Bertz CT molecular complexity index is 11.4. The molecule has 0 N–H and O–H groups in total. The van der Waals surface area contributed by atoms with Crippen LogP contribution in [-0.4, -0.2) is 17.7 Å². The van der Waals surface area contributed by atoms with Crippen LogP contribution in [0.1, 0.15) is 19.8 Å². The minimum absolute atomic E-state index is 0. The summed E-state index contributed by atoms with van der Waals surface area (Å²) in [5.74, 6) is 0. The van der Waals surface area contributed by atoms with Crippen LogP contribution in [0.2, 0.25) is 5.09 Å². The van der Waals surface area contributed by atoms with E-state index in [0.29, 0.717) is 0 Å². The molecule has 0 bridgehead atoms. The first-order chi connectivity index (χ1) is 2.41.